The Bertz CT molecular complexity index is 1070. The maximum absolute atomic E-state index is 13.0. The summed E-state index contributed by atoms with van der Waals surface area (Å²) < 4.78 is 38.2. The van der Waals surface area contributed by atoms with Crippen molar-refractivity contribution in [3.8, 4) is 5.75 Å². The van der Waals surface area contributed by atoms with E-state index in [9.17, 15) is 22.8 Å². The van der Waals surface area contributed by atoms with Gasteiger partial charge >= 0.3 is 6.09 Å². The minimum Gasteiger partial charge on any atom is -0.496 e. The second-order valence-corrected chi connectivity index (χ2v) is 8.08. The summed E-state index contributed by atoms with van der Waals surface area (Å²) in [5.41, 5.74) is 5.73. The van der Waals surface area contributed by atoms with Gasteiger partial charge in [-0.2, -0.15) is 0 Å². The molecule has 1 aliphatic heterocycles. The van der Waals surface area contributed by atoms with E-state index >= 15 is 0 Å². The number of benzene rings is 2. The van der Waals surface area contributed by atoms with Gasteiger partial charge in [0, 0.05) is 0 Å². The molecule has 1 fully saturated rings. The Labute approximate surface area is 172 Å². The van der Waals surface area contributed by atoms with Gasteiger partial charge in [0.15, 0.2) is 6.61 Å². The molecule has 10 nitrogen and oxygen atoms in total. The van der Waals surface area contributed by atoms with Crippen LogP contribution in [-0.2, 0) is 19.6 Å². The average molecular weight is 433 g/mol. The molecule has 30 heavy (non-hydrogen) atoms. The normalized spacial score (nSPS) is 15.0. The van der Waals surface area contributed by atoms with Crippen molar-refractivity contribution in [2.75, 3.05) is 20.3 Å². The highest BCUT2D eigenvalue weighted by Crippen LogP contribution is 2.25. The van der Waals surface area contributed by atoms with Gasteiger partial charge in [-0.15, -0.1) is 0 Å². The molecule has 1 aliphatic rings. The predicted molar refractivity (Wildman–Crippen MR) is 104 cm³/mol. The number of methoxy groups -OCH3 is 1. The molecule has 0 aliphatic carbocycles. The maximum Gasteiger partial charge on any atom is 0.417 e. The third-order valence-electron chi connectivity index (χ3n) is 4.45. The van der Waals surface area contributed by atoms with Crippen LogP contribution in [0.4, 0.5) is 4.79 Å². The lowest BCUT2D eigenvalue weighted by Gasteiger charge is -2.23. The molecular formula is C19H19N3O7S. The number of nitrogens with two attached hydrogens (primary N) is 1. The molecule has 3 amide bonds. The first kappa shape index (κ1) is 21.3. The third-order valence-corrected chi connectivity index (χ3v) is 5.92. The third kappa shape index (κ3) is 4.42. The molecule has 1 saturated heterocycles. The fraction of sp³-hybridized carbons (Fsp3) is 0.211. The van der Waals surface area contributed by atoms with Crippen molar-refractivity contribution >= 4 is 27.9 Å². The van der Waals surface area contributed by atoms with Crippen LogP contribution in [0.2, 0.25) is 0 Å². The number of hydrogen-bond acceptors (Lipinski definition) is 7. The van der Waals surface area contributed by atoms with Crippen LogP contribution in [0.25, 0.3) is 0 Å². The molecule has 0 saturated carbocycles. The van der Waals surface area contributed by atoms with Crippen LogP contribution < -0.4 is 15.2 Å². The summed E-state index contributed by atoms with van der Waals surface area (Å²) in [7, 11) is -2.84. The molecule has 0 unspecified atom stereocenters. The molecule has 3 N–H and O–H groups in total. The number of amides is 3. The number of nitrogens with one attached hydrogen (secondary N) is 1. The number of rotatable bonds is 8. The van der Waals surface area contributed by atoms with Crippen LogP contribution in [0.5, 0.6) is 5.75 Å². The van der Waals surface area contributed by atoms with Gasteiger partial charge in [-0.1, -0.05) is 30.3 Å². The summed E-state index contributed by atoms with van der Waals surface area (Å²) in [6, 6.07) is 11.2. The Balaban J connectivity index is 1.95. The van der Waals surface area contributed by atoms with Crippen molar-refractivity contribution in [3.63, 3.8) is 0 Å². The summed E-state index contributed by atoms with van der Waals surface area (Å²) in [6.45, 7) is -0.659. The molecule has 158 valence electrons. The summed E-state index contributed by atoms with van der Waals surface area (Å²) in [4.78, 5) is 36.0. The van der Waals surface area contributed by atoms with Crippen LogP contribution in [0.3, 0.4) is 0 Å². The summed E-state index contributed by atoms with van der Waals surface area (Å²) >= 11 is 0. The number of imide groups is 1. The highest BCUT2D eigenvalue weighted by Gasteiger charge is 2.35. The molecule has 0 aromatic heterocycles. The number of nitrogens with zero attached hydrogens (tertiary/aromatic N) is 1. The van der Waals surface area contributed by atoms with Crippen LogP contribution in [-0.4, -0.2) is 51.5 Å². The zero-order valence-corrected chi connectivity index (χ0v) is 16.7. The van der Waals surface area contributed by atoms with E-state index in [1.54, 1.807) is 30.3 Å². The van der Waals surface area contributed by atoms with Crippen LogP contribution >= 0.6 is 0 Å². The lowest BCUT2D eigenvalue weighted by molar-refractivity contribution is -0.126. The number of cyclic esters (lactones) is 1. The average Bonchev–Trinajstić information content (AvgIpc) is 3.05. The lowest BCUT2D eigenvalue weighted by Crippen LogP contribution is -2.40. The van der Waals surface area contributed by atoms with E-state index in [4.69, 9.17) is 15.2 Å². The molecule has 3 rings (SSSR count). The van der Waals surface area contributed by atoms with Gasteiger partial charge < -0.3 is 15.2 Å². The van der Waals surface area contributed by atoms with Gasteiger partial charge in [0.05, 0.1) is 30.2 Å². The Morgan fingerprint density at radius 2 is 1.93 bits per heavy atom. The Hall–Kier alpha value is -3.44. The van der Waals surface area contributed by atoms with E-state index in [1.165, 1.54) is 19.2 Å². The second-order valence-electron chi connectivity index (χ2n) is 6.37. The monoisotopic (exact) mass is 433 g/mol. The molecule has 0 spiro atoms. The SMILES string of the molecule is COc1ccc(S(=O)(=O)N[C@H](CN2C(=O)COC2=O)c2ccccc2)cc1C(N)=O. The first-order chi connectivity index (χ1) is 14.2. The predicted octanol–water partition coefficient (Wildman–Crippen LogP) is 0.792. The lowest BCUT2D eigenvalue weighted by atomic mass is 10.1. The molecule has 2 aromatic carbocycles. The second kappa shape index (κ2) is 8.51. The van der Waals surface area contributed by atoms with Gasteiger partial charge in [0.25, 0.3) is 11.8 Å². The highest BCUT2D eigenvalue weighted by atomic mass is 32.2. The molecule has 0 bridgehead atoms. The van der Waals surface area contributed by atoms with Crippen molar-refractivity contribution in [1.82, 2.24) is 9.62 Å². The van der Waals surface area contributed by atoms with Gasteiger partial charge in [-0.25, -0.2) is 22.8 Å². The van der Waals surface area contributed by atoms with E-state index in [2.05, 4.69) is 4.72 Å². The quantitative estimate of drug-likeness (QED) is 0.626. The minimum absolute atomic E-state index is 0.102. The van der Waals surface area contributed by atoms with Gasteiger partial charge in [-0.3, -0.25) is 9.59 Å². The number of primary amides is 1. The molecule has 0 radical (unpaired) electrons. The maximum atomic E-state index is 13.0. The van der Waals surface area contributed by atoms with Gasteiger partial charge in [0.1, 0.15) is 5.75 Å². The van der Waals surface area contributed by atoms with Crippen molar-refractivity contribution in [2.24, 2.45) is 5.73 Å². The van der Waals surface area contributed by atoms with Gasteiger partial charge in [-0.05, 0) is 23.8 Å². The number of carbonyl (C=O) groups excluding carboxylic acids is 3. The molecule has 2 aromatic rings. The first-order valence-corrected chi connectivity index (χ1v) is 10.2. The summed E-state index contributed by atoms with van der Waals surface area (Å²) in [6.07, 6.45) is -0.847. The van der Waals surface area contributed by atoms with Crippen LogP contribution in [0.1, 0.15) is 22.0 Å². The number of hydrogen-bond donors (Lipinski definition) is 2. The molecule has 1 heterocycles. The number of carbonyl (C=O) groups is 3. The van der Waals surface area contributed by atoms with E-state index in [0.29, 0.717) is 5.56 Å². The standard InChI is InChI=1S/C19H19N3O7S/c1-28-16-8-7-13(9-14(16)18(20)24)30(26,27)21-15(12-5-3-2-4-6-12)10-22-17(23)11-29-19(22)25/h2-9,15,21H,10-11H2,1H3,(H2,20,24)/t15-/m1/s1. The number of sulfonamides is 1. The van der Waals surface area contributed by atoms with E-state index < -0.39 is 40.6 Å². The molecule has 1 atom stereocenters. The van der Waals surface area contributed by atoms with Crippen LogP contribution in [0, 0.1) is 0 Å². The van der Waals surface area contributed by atoms with Crippen molar-refractivity contribution in [3.05, 3.63) is 59.7 Å². The smallest absolute Gasteiger partial charge is 0.417 e. The Morgan fingerprint density at radius 1 is 1.23 bits per heavy atom. The summed E-state index contributed by atoms with van der Waals surface area (Å²) in [5.74, 6) is -1.29. The summed E-state index contributed by atoms with van der Waals surface area (Å²) in [5, 5.41) is 0. The fourth-order valence-corrected chi connectivity index (χ4v) is 4.18. The van der Waals surface area contributed by atoms with E-state index in [-0.39, 0.29) is 22.8 Å². The highest BCUT2D eigenvalue weighted by molar-refractivity contribution is 7.89. The van der Waals surface area contributed by atoms with E-state index in [0.717, 1.165) is 11.0 Å². The van der Waals surface area contributed by atoms with Crippen molar-refractivity contribution in [1.29, 1.82) is 0 Å². The Morgan fingerprint density at radius 3 is 2.50 bits per heavy atom. The number of ether oxygens (including phenoxy) is 2. The van der Waals surface area contributed by atoms with Crippen molar-refractivity contribution < 1.29 is 32.3 Å². The topological polar surface area (TPSA) is 145 Å². The first-order valence-electron chi connectivity index (χ1n) is 8.75. The Kier molecular flexibility index (Phi) is 6.04. The van der Waals surface area contributed by atoms with Crippen molar-refractivity contribution in [2.45, 2.75) is 10.9 Å². The fourth-order valence-electron chi connectivity index (χ4n) is 2.94. The minimum atomic E-state index is -4.17. The zero-order valence-electron chi connectivity index (χ0n) is 15.9. The zero-order chi connectivity index (χ0) is 21.9. The van der Waals surface area contributed by atoms with Crippen LogP contribution in [0.15, 0.2) is 53.4 Å². The molecular weight excluding hydrogens is 414 g/mol. The van der Waals surface area contributed by atoms with E-state index in [1.807, 2.05) is 0 Å². The molecule has 11 heteroatoms. The van der Waals surface area contributed by atoms with Gasteiger partial charge in [0.2, 0.25) is 10.0 Å². The largest absolute Gasteiger partial charge is 0.496 e.